The predicted octanol–water partition coefficient (Wildman–Crippen LogP) is 2.41. The Bertz CT molecular complexity index is 605. The summed E-state index contributed by atoms with van der Waals surface area (Å²) in [5, 5.41) is 11.1. The number of halogens is 1. The zero-order valence-electron chi connectivity index (χ0n) is 8.91. The fourth-order valence-corrected chi connectivity index (χ4v) is 1.41. The lowest BCUT2D eigenvalue weighted by atomic mass is 10.3. The lowest BCUT2D eigenvalue weighted by molar-refractivity contribution is -0.385. The van der Waals surface area contributed by atoms with Crippen LogP contribution in [0.5, 0.6) is 11.6 Å². The molecule has 18 heavy (non-hydrogen) atoms. The van der Waals surface area contributed by atoms with Crippen molar-refractivity contribution in [2.75, 3.05) is 5.73 Å². The van der Waals surface area contributed by atoms with Crippen LogP contribution in [0.25, 0.3) is 0 Å². The largest absolute Gasteiger partial charge is 0.430 e. The highest BCUT2D eigenvalue weighted by molar-refractivity contribution is 6.30. The minimum atomic E-state index is -0.596. The summed E-state index contributed by atoms with van der Waals surface area (Å²) < 4.78 is 5.25. The van der Waals surface area contributed by atoms with Crippen molar-refractivity contribution in [1.29, 1.82) is 0 Å². The number of nitro groups is 1. The van der Waals surface area contributed by atoms with Gasteiger partial charge in [0.25, 0.3) is 0 Å². The van der Waals surface area contributed by atoms with Crippen molar-refractivity contribution in [3.8, 4) is 11.6 Å². The standard InChI is InChI=1S/C10H7ClN4O3/c11-6-1-2-8(7(3-6)15(16)17)18-10-5-13-4-9(12)14-10/h1-5H,(H2,12,14). The molecule has 0 aliphatic rings. The first-order chi connectivity index (χ1) is 8.56. The Balaban J connectivity index is 2.37. The molecule has 0 aliphatic heterocycles. The van der Waals surface area contributed by atoms with Gasteiger partial charge in [0.05, 0.1) is 17.3 Å². The van der Waals surface area contributed by atoms with Crippen LogP contribution in [0.2, 0.25) is 5.02 Å². The van der Waals surface area contributed by atoms with Gasteiger partial charge in [-0.05, 0) is 12.1 Å². The summed E-state index contributed by atoms with van der Waals surface area (Å²) in [6.45, 7) is 0. The highest BCUT2D eigenvalue weighted by atomic mass is 35.5. The second kappa shape index (κ2) is 4.84. The number of hydrogen-bond acceptors (Lipinski definition) is 6. The molecule has 2 N–H and O–H groups in total. The number of ether oxygens (including phenoxy) is 1. The van der Waals surface area contributed by atoms with Gasteiger partial charge in [0.1, 0.15) is 5.82 Å². The van der Waals surface area contributed by atoms with Gasteiger partial charge in [-0.15, -0.1) is 0 Å². The molecule has 0 atom stereocenters. The number of nitrogen functional groups attached to an aromatic ring is 1. The zero-order valence-corrected chi connectivity index (χ0v) is 9.66. The summed E-state index contributed by atoms with van der Waals surface area (Å²) in [6, 6.07) is 4.05. The van der Waals surface area contributed by atoms with Gasteiger partial charge in [-0.2, -0.15) is 4.98 Å². The van der Waals surface area contributed by atoms with Crippen LogP contribution in [-0.4, -0.2) is 14.9 Å². The summed E-state index contributed by atoms with van der Waals surface area (Å²) in [7, 11) is 0. The molecule has 0 aliphatic carbocycles. The Morgan fingerprint density at radius 1 is 1.39 bits per heavy atom. The summed E-state index contributed by atoms with van der Waals surface area (Å²) in [5.41, 5.74) is 5.17. The van der Waals surface area contributed by atoms with Crippen molar-refractivity contribution in [2.24, 2.45) is 0 Å². The molecule has 0 radical (unpaired) electrons. The summed E-state index contributed by atoms with van der Waals surface area (Å²) in [4.78, 5) is 17.8. The smallest absolute Gasteiger partial charge is 0.313 e. The number of anilines is 1. The van der Waals surface area contributed by atoms with E-state index >= 15 is 0 Å². The van der Waals surface area contributed by atoms with Gasteiger partial charge >= 0.3 is 5.69 Å². The fourth-order valence-electron chi connectivity index (χ4n) is 1.24. The highest BCUT2D eigenvalue weighted by Crippen LogP contribution is 2.32. The predicted molar refractivity (Wildman–Crippen MR) is 64.6 cm³/mol. The van der Waals surface area contributed by atoms with Gasteiger partial charge in [0.15, 0.2) is 0 Å². The molecule has 0 amide bonds. The summed E-state index contributed by atoms with van der Waals surface area (Å²) in [5.74, 6) is 0.244. The van der Waals surface area contributed by atoms with E-state index in [-0.39, 0.29) is 28.2 Å². The van der Waals surface area contributed by atoms with E-state index in [4.69, 9.17) is 22.1 Å². The Labute approximate surface area is 106 Å². The van der Waals surface area contributed by atoms with E-state index in [9.17, 15) is 10.1 Å². The Morgan fingerprint density at radius 2 is 2.17 bits per heavy atom. The van der Waals surface area contributed by atoms with E-state index in [0.29, 0.717) is 0 Å². The maximum Gasteiger partial charge on any atom is 0.313 e. The Hall–Kier alpha value is -2.41. The molecule has 8 heteroatoms. The maximum atomic E-state index is 10.8. The third-order valence-electron chi connectivity index (χ3n) is 1.96. The number of nitrogens with zero attached hydrogens (tertiary/aromatic N) is 3. The van der Waals surface area contributed by atoms with E-state index in [0.717, 1.165) is 0 Å². The molecule has 0 saturated heterocycles. The molecule has 2 aromatic rings. The minimum Gasteiger partial charge on any atom is -0.430 e. The van der Waals surface area contributed by atoms with Crippen LogP contribution in [0.1, 0.15) is 0 Å². The molecule has 0 bridgehead atoms. The lowest BCUT2D eigenvalue weighted by Crippen LogP contribution is -1.97. The first-order valence-electron chi connectivity index (χ1n) is 4.75. The fraction of sp³-hybridized carbons (Fsp3) is 0. The quantitative estimate of drug-likeness (QED) is 0.676. The van der Waals surface area contributed by atoms with Gasteiger partial charge in [-0.3, -0.25) is 15.1 Å². The van der Waals surface area contributed by atoms with Crippen LogP contribution in [0, 0.1) is 10.1 Å². The molecule has 1 aromatic carbocycles. The average Bonchev–Trinajstić information content (AvgIpc) is 2.31. The summed E-state index contributed by atoms with van der Waals surface area (Å²) >= 11 is 5.68. The SMILES string of the molecule is Nc1cncc(Oc2ccc(Cl)cc2[N+](=O)[O-])n1. The minimum absolute atomic E-state index is 0.0179. The Morgan fingerprint density at radius 3 is 2.83 bits per heavy atom. The molecular formula is C10H7ClN4O3. The Kier molecular flexibility index (Phi) is 3.24. The second-order valence-electron chi connectivity index (χ2n) is 3.25. The number of nitrogens with two attached hydrogens (primary N) is 1. The number of aromatic nitrogens is 2. The molecule has 92 valence electrons. The normalized spacial score (nSPS) is 10.1. The van der Waals surface area contributed by atoms with Crippen molar-refractivity contribution in [3.05, 3.63) is 45.7 Å². The number of nitro benzene ring substituents is 1. The van der Waals surface area contributed by atoms with E-state index in [1.807, 2.05) is 0 Å². The van der Waals surface area contributed by atoms with Crippen LogP contribution in [0.4, 0.5) is 11.5 Å². The van der Waals surface area contributed by atoms with E-state index < -0.39 is 4.92 Å². The van der Waals surface area contributed by atoms with Crippen LogP contribution in [0.3, 0.4) is 0 Å². The van der Waals surface area contributed by atoms with Crippen LogP contribution >= 0.6 is 11.6 Å². The van der Waals surface area contributed by atoms with E-state index in [1.165, 1.54) is 30.6 Å². The topological polar surface area (TPSA) is 104 Å². The van der Waals surface area contributed by atoms with Crippen molar-refractivity contribution >= 4 is 23.1 Å². The molecule has 1 aromatic heterocycles. The summed E-state index contributed by atoms with van der Waals surface area (Å²) in [6.07, 6.45) is 2.64. The van der Waals surface area contributed by atoms with Crippen LogP contribution < -0.4 is 10.5 Å². The van der Waals surface area contributed by atoms with Gasteiger partial charge < -0.3 is 10.5 Å². The van der Waals surface area contributed by atoms with Crippen molar-refractivity contribution in [3.63, 3.8) is 0 Å². The molecule has 0 spiro atoms. The molecule has 1 heterocycles. The van der Waals surface area contributed by atoms with Gasteiger partial charge in [-0.25, -0.2) is 0 Å². The zero-order chi connectivity index (χ0) is 13.1. The molecular weight excluding hydrogens is 260 g/mol. The molecule has 7 nitrogen and oxygen atoms in total. The second-order valence-corrected chi connectivity index (χ2v) is 3.69. The van der Waals surface area contributed by atoms with Crippen molar-refractivity contribution in [2.45, 2.75) is 0 Å². The molecule has 0 fully saturated rings. The third-order valence-corrected chi connectivity index (χ3v) is 2.20. The maximum absolute atomic E-state index is 10.8. The molecule has 0 saturated carbocycles. The number of benzene rings is 1. The monoisotopic (exact) mass is 266 g/mol. The lowest BCUT2D eigenvalue weighted by Gasteiger charge is -2.05. The number of rotatable bonds is 3. The van der Waals surface area contributed by atoms with Crippen LogP contribution in [-0.2, 0) is 0 Å². The molecule has 0 unspecified atom stereocenters. The first-order valence-corrected chi connectivity index (χ1v) is 5.13. The number of hydrogen-bond donors (Lipinski definition) is 1. The van der Waals surface area contributed by atoms with E-state index in [2.05, 4.69) is 9.97 Å². The average molecular weight is 267 g/mol. The van der Waals surface area contributed by atoms with Gasteiger partial charge in [0.2, 0.25) is 11.6 Å². The van der Waals surface area contributed by atoms with E-state index in [1.54, 1.807) is 0 Å². The van der Waals surface area contributed by atoms with Crippen molar-refractivity contribution in [1.82, 2.24) is 9.97 Å². The third kappa shape index (κ3) is 2.64. The van der Waals surface area contributed by atoms with Gasteiger partial charge in [-0.1, -0.05) is 11.6 Å². The highest BCUT2D eigenvalue weighted by Gasteiger charge is 2.17. The van der Waals surface area contributed by atoms with Gasteiger partial charge in [0, 0.05) is 11.1 Å². The van der Waals surface area contributed by atoms with Crippen LogP contribution in [0.15, 0.2) is 30.6 Å². The first kappa shape index (κ1) is 12.1. The van der Waals surface area contributed by atoms with Crippen molar-refractivity contribution < 1.29 is 9.66 Å². The molecule has 2 rings (SSSR count).